The Hall–Kier alpha value is -4.14. The number of aromatic nitrogens is 3. The van der Waals surface area contributed by atoms with E-state index in [9.17, 15) is 14.4 Å². The van der Waals surface area contributed by atoms with Crippen molar-refractivity contribution in [3.63, 3.8) is 0 Å². The van der Waals surface area contributed by atoms with Gasteiger partial charge in [-0.3, -0.25) is 19.4 Å². The molecule has 3 N–H and O–H groups in total. The molecule has 9 heteroatoms. The number of hydrogen-bond donors (Lipinski definition) is 3. The minimum Gasteiger partial charge on any atom is -0.351 e. The van der Waals surface area contributed by atoms with Gasteiger partial charge in [0, 0.05) is 30.2 Å². The van der Waals surface area contributed by atoms with Crippen molar-refractivity contribution < 1.29 is 14.4 Å². The summed E-state index contributed by atoms with van der Waals surface area (Å²) < 4.78 is 0. The van der Waals surface area contributed by atoms with Crippen LogP contribution in [0.25, 0.3) is 21.9 Å². The molecule has 2 fully saturated rings. The molecule has 3 aromatic heterocycles. The second kappa shape index (κ2) is 8.47. The lowest BCUT2D eigenvalue weighted by molar-refractivity contribution is -0.138. The van der Waals surface area contributed by atoms with Crippen molar-refractivity contribution in [3.8, 4) is 0 Å². The summed E-state index contributed by atoms with van der Waals surface area (Å²) in [5.41, 5.74) is 2.90. The predicted octanol–water partition coefficient (Wildman–Crippen LogP) is 3.31. The Bertz CT molecular complexity index is 1460. The molecule has 0 unspecified atom stereocenters. The minimum absolute atomic E-state index is 0.0501. The molecular weight excluding hydrogens is 468 g/mol. The Morgan fingerprint density at radius 2 is 1.65 bits per heavy atom. The van der Waals surface area contributed by atoms with Crippen molar-refractivity contribution >= 4 is 39.7 Å². The largest absolute Gasteiger partial charge is 0.351 e. The van der Waals surface area contributed by atoms with Gasteiger partial charge in [-0.05, 0) is 42.2 Å². The lowest BCUT2D eigenvalue weighted by Crippen LogP contribution is -2.59. The third-order valence-electron chi connectivity index (χ3n) is 7.57. The van der Waals surface area contributed by atoms with E-state index in [2.05, 4.69) is 20.3 Å². The molecule has 2 aliphatic heterocycles. The van der Waals surface area contributed by atoms with Crippen molar-refractivity contribution in [1.29, 1.82) is 0 Å². The Morgan fingerprint density at radius 1 is 0.946 bits per heavy atom. The second-order valence-electron chi connectivity index (χ2n) is 11.2. The number of H-pyrrole nitrogens is 2. The molecule has 0 radical (unpaired) electrons. The van der Waals surface area contributed by atoms with Crippen LogP contribution in [-0.4, -0.2) is 73.7 Å². The van der Waals surface area contributed by atoms with E-state index in [1.807, 2.05) is 67.0 Å². The highest BCUT2D eigenvalue weighted by molar-refractivity contribution is 6.01. The SMILES string of the molecule is CC(C)(C)[C@H](NC(=O)c1cc2ccccc2[nH]1)C(=O)N1C[C@@H]2C[C@H]1CN2C(=O)c1cc2ncccc2[nH]1. The molecule has 9 nitrogen and oxygen atoms in total. The van der Waals surface area contributed by atoms with E-state index in [1.165, 1.54) is 0 Å². The number of piperazine rings is 1. The number of benzene rings is 1. The fraction of sp³-hybridized carbons (Fsp3) is 0.357. The van der Waals surface area contributed by atoms with Crippen molar-refractivity contribution in [1.82, 2.24) is 30.1 Å². The average Bonchev–Trinajstić information content (AvgIpc) is 3.66. The number of likely N-dealkylation sites (tertiary alicyclic amines) is 2. The third kappa shape index (κ3) is 4.04. The van der Waals surface area contributed by atoms with Gasteiger partial charge in [0.2, 0.25) is 5.91 Å². The number of nitrogens with zero attached hydrogens (tertiary/aromatic N) is 3. The number of fused-ring (bicyclic) bond motifs is 4. The maximum atomic E-state index is 13.8. The molecule has 1 aromatic carbocycles. The highest BCUT2D eigenvalue weighted by atomic mass is 16.2. The minimum atomic E-state index is -0.699. The molecule has 0 aliphatic carbocycles. The molecule has 6 rings (SSSR count). The van der Waals surface area contributed by atoms with Crippen molar-refractivity contribution in [3.05, 3.63) is 66.1 Å². The quantitative estimate of drug-likeness (QED) is 0.401. The molecule has 2 saturated heterocycles. The van der Waals surface area contributed by atoms with E-state index >= 15 is 0 Å². The Morgan fingerprint density at radius 3 is 2.35 bits per heavy atom. The fourth-order valence-corrected chi connectivity index (χ4v) is 5.63. The van der Waals surface area contributed by atoms with Crippen molar-refractivity contribution in [2.75, 3.05) is 13.1 Å². The zero-order valence-electron chi connectivity index (χ0n) is 21.1. The third-order valence-corrected chi connectivity index (χ3v) is 7.57. The monoisotopic (exact) mass is 498 g/mol. The number of hydrogen-bond acceptors (Lipinski definition) is 4. The van der Waals surface area contributed by atoms with Gasteiger partial charge < -0.3 is 25.1 Å². The fourth-order valence-electron chi connectivity index (χ4n) is 5.63. The highest BCUT2D eigenvalue weighted by Crippen LogP contribution is 2.34. The molecule has 2 aliphatic rings. The lowest BCUT2D eigenvalue weighted by Gasteiger charge is -2.39. The van der Waals surface area contributed by atoms with E-state index < -0.39 is 11.5 Å². The van der Waals surface area contributed by atoms with Crippen LogP contribution in [0.5, 0.6) is 0 Å². The van der Waals surface area contributed by atoms with Gasteiger partial charge in [-0.1, -0.05) is 39.0 Å². The maximum Gasteiger partial charge on any atom is 0.270 e. The van der Waals surface area contributed by atoms with Gasteiger partial charge in [-0.15, -0.1) is 0 Å². The number of carbonyl (C=O) groups is 3. The van der Waals surface area contributed by atoms with Gasteiger partial charge in [0.05, 0.1) is 23.1 Å². The predicted molar refractivity (Wildman–Crippen MR) is 140 cm³/mol. The van der Waals surface area contributed by atoms with E-state index in [0.717, 1.165) is 28.4 Å². The van der Waals surface area contributed by atoms with Crippen LogP contribution >= 0.6 is 0 Å². The van der Waals surface area contributed by atoms with Crippen LogP contribution in [0.15, 0.2) is 54.7 Å². The van der Waals surface area contributed by atoms with Gasteiger partial charge in [-0.2, -0.15) is 0 Å². The normalized spacial score (nSPS) is 20.1. The molecule has 3 amide bonds. The summed E-state index contributed by atoms with van der Waals surface area (Å²) in [7, 11) is 0. The van der Waals surface area contributed by atoms with Crippen LogP contribution in [0.1, 0.15) is 48.2 Å². The summed E-state index contributed by atoms with van der Waals surface area (Å²) >= 11 is 0. The summed E-state index contributed by atoms with van der Waals surface area (Å²) in [5, 5.41) is 3.93. The van der Waals surface area contributed by atoms with E-state index in [0.29, 0.717) is 24.5 Å². The summed E-state index contributed by atoms with van der Waals surface area (Å²) in [6, 6.07) is 14.2. The molecule has 3 atom stereocenters. The first-order valence-electron chi connectivity index (χ1n) is 12.6. The van der Waals surface area contributed by atoms with Gasteiger partial charge in [0.1, 0.15) is 17.4 Å². The van der Waals surface area contributed by atoms with Crippen LogP contribution in [0.2, 0.25) is 0 Å². The summed E-state index contributed by atoms with van der Waals surface area (Å²) in [6.45, 7) is 6.80. The van der Waals surface area contributed by atoms with Crippen LogP contribution in [0, 0.1) is 5.41 Å². The second-order valence-corrected chi connectivity index (χ2v) is 11.2. The van der Waals surface area contributed by atoms with Gasteiger partial charge in [0.15, 0.2) is 0 Å². The molecule has 37 heavy (non-hydrogen) atoms. The topological polar surface area (TPSA) is 114 Å². The van der Waals surface area contributed by atoms with E-state index in [-0.39, 0.29) is 29.8 Å². The highest BCUT2D eigenvalue weighted by Gasteiger charge is 2.50. The van der Waals surface area contributed by atoms with Gasteiger partial charge >= 0.3 is 0 Å². The Balaban J connectivity index is 1.17. The number of nitrogens with one attached hydrogen (secondary N) is 3. The molecule has 190 valence electrons. The standard InChI is InChI=1S/C28H30N6O3/c1-28(2,3)24(32-25(35)22-11-16-7-4-5-8-19(16)30-22)27(37)34-15-17-12-18(34)14-33(17)26(36)23-13-21-20(31-23)9-6-10-29-21/h4-11,13,17-18,24,30-31H,12,14-15H2,1-3H3,(H,32,35)/t17-,18-,24+/m0/s1. The summed E-state index contributed by atoms with van der Waals surface area (Å²) in [6.07, 6.45) is 2.44. The van der Waals surface area contributed by atoms with Crippen molar-refractivity contribution in [2.45, 2.75) is 45.3 Å². The number of para-hydroxylation sites is 1. The zero-order valence-corrected chi connectivity index (χ0v) is 21.1. The average molecular weight is 499 g/mol. The zero-order chi connectivity index (χ0) is 25.9. The first-order chi connectivity index (χ1) is 17.7. The van der Waals surface area contributed by atoms with Crippen LogP contribution in [0.4, 0.5) is 0 Å². The van der Waals surface area contributed by atoms with Gasteiger partial charge in [-0.25, -0.2) is 0 Å². The number of amides is 3. The van der Waals surface area contributed by atoms with Crippen LogP contribution in [0.3, 0.4) is 0 Å². The molecule has 2 bridgehead atoms. The maximum absolute atomic E-state index is 13.8. The number of rotatable bonds is 4. The number of carbonyl (C=O) groups excluding carboxylic acids is 3. The first kappa shape index (κ1) is 23.3. The molecule has 0 spiro atoms. The smallest absolute Gasteiger partial charge is 0.270 e. The molecule has 0 saturated carbocycles. The molecule has 5 heterocycles. The van der Waals surface area contributed by atoms with Gasteiger partial charge in [0.25, 0.3) is 11.8 Å². The van der Waals surface area contributed by atoms with Crippen LogP contribution in [-0.2, 0) is 4.79 Å². The summed E-state index contributed by atoms with van der Waals surface area (Å²) in [4.78, 5) is 54.5. The Labute approximate surface area is 214 Å². The lowest BCUT2D eigenvalue weighted by atomic mass is 9.85. The van der Waals surface area contributed by atoms with E-state index in [1.54, 1.807) is 18.3 Å². The molecule has 4 aromatic rings. The first-order valence-corrected chi connectivity index (χ1v) is 12.6. The Kier molecular flexibility index (Phi) is 5.33. The van der Waals surface area contributed by atoms with Crippen molar-refractivity contribution in [2.24, 2.45) is 5.41 Å². The number of aromatic amines is 2. The van der Waals surface area contributed by atoms with E-state index in [4.69, 9.17) is 0 Å². The summed E-state index contributed by atoms with van der Waals surface area (Å²) in [5.74, 6) is -0.485. The van der Waals surface area contributed by atoms with Crippen LogP contribution < -0.4 is 5.32 Å². The number of pyridine rings is 1. The molecular formula is C28H30N6O3.